The molecule has 0 bridgehead atoms. The predicted molar refractivity (Wildman–Crippen MR) is 48.3 cm³/mol. The Balaban J connectivity index is 2.84. The van der Waals surface area contributed by atoms with Crippen molar-refractivity contribution in [3.05, 3.63) is 36.4 Å². The van der Waals surface area contributed by atoms with E-state index >= 15 is 0 Å². The zero-order valence-electron chi connectivity index (χ0n) is 7.12. The first-order valence-electron chi connectivity index (χ1n) is 3.89. The molecule has 0 radical (unpaired) electrons. The lowest BCUT2D eigenvalue weighted by Gasteiger charge is -2.04. The molecule has 0 spiro atoms. The molecule has 1 aromatic carbocycles. The number of benzene rings is 1. The SMILES string of the molecule is COc1ccc(F)c2ccncc12. The van der Waals surface area contributed by atoms with Crippen LogP contribution in [0.2, 0.25) is 0 Å². The van der Waals surface area contributed by atoms with E-state index in [-0.39, 0.29) is 5.82 Å². The normalized spacial score (nSPS) is 10.3. The monoisotopic (exact) mass is 177 g/mol. The fourth-order valence-corrected chi connectivity index (χ4v) is 1.31. The van der Waals surface area contributed by atoms with Gasteiger partial charge in [0, 0.05) is 23.2 Å². The van der Waals surface area contributed by atoms with Gasteiger partial charge in [-0.15, -0.1) is 0 Å². The standard InChI is InChI=1S/C10H8FNO/c1-13-10-3-2-9(11)7-4-5-12-6-8(7)10/h2-6H,1H3. The minimum Gasteiger partial charge on any atom is -0.496 e. The van der Waals surface area contributed by atoms with E-state index in [0.717, 1.165) is 0 Å². The summed E-state index contributed by atoms with van der Waals surface area (Å²) in [6, 6.07) is 4.62. The summed E-state index contributed by atoms with van der Waals surface area (Å²) in [5, 5.41) is 1.24. The van der Waals surface area contributed by atoms with Crippen LogP contribution >= 0.6 is 0 Å². The predicted octanol–water partition coefficient (Wildman–Crippen LogP) is 2.38. The van der Waals surface area contributed by atoms with E-state index in [0.29, 0.717) is 16.5 Å². The Morgan fingerprint density at radius 3 is 2.85 bits per heavy atom. The van der Waals surface area contributed by atoms with E-state index in [1.807, 2.05) is 0 Å². The van der Waals surface area contributed by atoms with Crippen LogP contribution in [0.3, 0.4) is 0 Å². The van der Waals surface area contributed by atoms with Gasteiger partial charge in [0.2, 0.25) is 0 Å². The minimum absolute atomic E-state index is 0.252. The van der Waals surface area contributed by atoms with Crippen molar-refractivity contribution in [2.45, 2.75) is 0 Å². The van der Waals surface area contributed by atoms with Crippen LogP contribution in [0.15, 0.2) is 30.6 Å². The fraction of sp³-hybridized carbons (Fsp3) is 0.100. The Hall–Kier alpha value is -1.64. The summed E-state index contributed by atoms with van der Waals surface area (Å²) in [6.45, 7) is 0. The van der Waals surface area contributed by atoms with E-state index in [1.54, 1.807) is 31.6 Å². The molecule has 0 aliphatic heterocycles. The van der Waals surface area contributed by atoms with Gasteiger partial charge in [-0.05, 0) is 18.2 Å². The highest BCUT2D eigenvalue weighted by Crippen LogP contribution is 2.26. The molecule has 0 N–H and O–H groups in total. The van der Waals surface area contributed by atoms with Gasteiger partial charge >= 0.3 is 0 Å². The van der Waals surface area contributed by atoms with Crippen molar-refractivity contribution < 1.29 is 9.13 Å². The number of methoxy groups -OCH3 is 1. The van der Waals surface area contributed by atoms with Crippen LogP contribution in [0.25, 0.3) is 10.8 Å². The van der Waals surface area contributed by atoms with Gasteiger partial charge in [-0.3, -0.25) is 4.98 Å². The highest BCUT2D eigenvalue weighted by atomic mass is 19.1. The molecular weight excluding hydrogens is 169 g/mol. The molecule has 2 rings (SSSR count). The number of aromatic nitrogens is 1. The maximum Gasteiger partial charge on any atom is 0.131 e. The van der Waals surface area contributed by atoms with Gasteiger partial charge in [-0.2, -0.15) is 0 Å². The zero-order chi connectivity index (χ0) is 9.26. The summed E-state index contributed by atoms with van der Waals surface area (Å²) < 4.78 is 18.3. The highest BCUT2D eigenvalue weighted by Gasteiger charge is 2.04. The number of rotatable bonds is 1. The topological polar surface area (TPSA) is 22.1 Å². The van der Waals surface area contributed by atoms with Gasteiger partial charge in [0.05, 0.1) is 7.11 Å². The van der Waals surface area contributed by atoms with Crippen molar-refractivity contribution in [1.82, 2.24) is 4.98 Å². The van der Waals surface area contributed by atoms with Crippen LogP contribution in [0.4, 0.5) is 4.39 Å². The Labute approximate surface area is 75.0 Å². The van der Waals surface area contributed by atoms with Crippen LogP contribution in [0.5, 0.6) is 5.75 Å². The fourth-order valence-electron chi connectivity index (χ4n) is 1.31. The summed E-state index contributed by atoms with van der Waals surface area (Å²) >= 11 is 0. The van der Waals surface area contributed by atoms with Crippen molar-refractivity contribution in [2.24, 2.45) is 0 Å². The molecule has 1 heterocycles. The molecule has 1 aromatic heterocycles. The Morgan fingerprint density at radius 2 is 2.08 bits per heavy atom. The average molecular weight is 177 g/mol. The van der Waals surface area contributed by atoms with Crippen LogP contribution in [0, 0.1) is 5.82 Å². The van der Waals surface area contributed by atoms with Crippen molar-refractivity contribution in [3.8, 4) is 5.75 Å². The zero-order valence-corrected chi connectivity index (χ0v) is 7.12. The van der Waals surface area contributed by atoms with E-state index < -0.39 is 0 Å². The lowest BCUT2D eigenvalue weighted by Crippen LogP contribution is -1.87. The second-order valence-electron chi connectivity index (χ2n) is 2.67. The van der Waals surface area contributed by atoms with E-state index in [9.17, 15) is 4.39 Å². The third-order valence-electron chi connectivity index (χ3n) is 1.94. The molecule has 3 heteroatoms. The molecule has 0 aliphatic carbocycles. The number of nitrogens with zero attached hydrogens (tertiary/aromatic N) is 1. The van der Waals surface area contributed by atoms with Gasteiger partial charge in [-0.25, -0.2) is 4.39 Å². The molecule has 0 amide bonds. The van der Waals surface area contributed by atoms with Gasteiger partial charge in [0.25, 0.3) is 0 Å². The van der Waals surface area contributed by atoms with Crippen molar-refractivity contribution in [3.63, 3.8) is 0 Å². The number of halogens is 1. The van der Waals surface area contributed by atoms with Gasteiger partial charge < -0.3 is 4.74 Å². The quantitative estimate of drug-likeness (QED) is 0.667. The molecule has 0 fully saturated rings. The summed E-state index contributed by atoms with van der Waals surface area (Å²) in [5.41, 5.74) is 0. The van der Waals surface area contributed by atoms with Gasteiger partial charge in [0.1, 0.15) is 11.6 Å². The maximum atomic E-state index is 13.2. The summed E-state index contributed by atoms with van der Waals surface area (Å²) in [6.07, 6.45) is 3.15. The van der Waals surface area contributed by atoms with Crippen molar-refractivity contribution in [1.29, 1.82) is 0 Å². The van der Waals surface area contributed by atoms with E-state index in [4.69, 9.17) is 4.74 Å². The molecular formula is C10H8FNO. The lowest BCUT2D eigenvalue weighted by atomic mass is 10.1. The van der Waals surface area contributed by atoms with Crippen molar-refractivity contribution in [2.75, 3.05) is 7.11 Å². The summed E-state index contributed by atoms with van der Waals surface area (Å²) in [5.74, 6) is 0.391. The van der Waals surface area contributed by atoms with Crippen LogP contribution < -0.4 is 4.74 Å². The number of pyridine rings is 1. The molecule has 13 heavy (non-hydrogen) atoms. The number of ether oxygens (including phenoxy) is 1. The molecule has 0 atom stereocenters. The number of hydrogen-bond donors (Lipinski definition) is 0. The Morgan fingerprint density at radius 1 is 1.23 bits per heavy atom. The maximum absolute atomic E-state index is 13.2. The summed E-state index contributed by atoms with van der Waals surface area (Å²) in [4.78, 5) is 3.92. The first-order chi connectivity index (χ1) is 6.33. The second kappa shape index (κ2) is 3.01. The minimum atomic E-state index is -0.252. The van der Waals surface area contributed by atoms with E-state index in [1.165, 1.54) is 6.07 Å². The molecule has 0 saturated heterocycles. The average Bonchev–Trinajstić information content (AvgIpc) is 2.19. The third-order valence-corrected chi connectivity index (χ3v) is 1.94. The van der Waals surface area contributed by atoms with E-state index in [2.05, 4.69) is 4.98 Å². The Bertz CT molecular complexity index is 442. The molecule has 0 unspecified atom stereocenters. The molecule has 66 valence electrons. The molecule has 0 saturated carbocycles. The molecule has 0 aliphatic rings. The first-order valence-corrected chi connectivity index (χ1v) is 3.89. The number of fused-ring (bicyclic) bond motifs is 1. The van der Waals surface area contributed by atoms with Gasteiger partial charge in [0.15, 0.2) is 0 Å². The molecule has 2 nitrogen and oxygen atoms in total. The van der Waals surface area contributed by atoms with Gasteiger partial charge in [-0.1, -0.05) is 0 Å². The largest absolute Gasteiger partial charge is 0.496 e. The van der Waals surface area contributed by atoms with Crippen LogP contribution in [0.1, 0.15) is 0 Å². The first kappa shape index (κ1) is 7.98. The van der Waals surface area contributed by atoms with Crippen LogP contribution in [-0.4, -0.2) is 12.1 Å². The number of hydrogen-bond acceptors (Lipinski definition) is 2. The second-order valence-corrected chi connectivity index (χ2v) is 2.67. The van der Waals surface area contributed by atoms with Crippen LogP contribution in [-0.2, 0) is 0 Å². The molecule has 2 aromatic rings. The Kier molecular flexibility index (Phi) is 1.85. The summed E-state index contributed by atoms with van der Waals surface area (Å²) in [7, 11) is 1.56. The lowest BCUT2D eigenvalue weighted by molar-refractivity contribution is 0.419. The van der Waals surface area contributed by atoms with Crippen molar-refractivity contribution >= 4 is 10.8 Å². The highest BCUT2D eigenvalue weighted by molar-refractivity contribution is 5.87. The third kappa shape index (κ3) is 1.22. The smallest absolute Gasteiger partial charge is 0.131 e.